The molecule has 0 saturated heterocycles. The fraction of sp³-hybridized carbons (Fsp3) is 0.0952. The van der Waals surface area contributed by atoms with E-state index in [0.29, 0.717) is 31.9 Å². The van der Waals surface area contributed by atoms with Crippen LogP contribution in [0.5, 0.6) is 0 Å². The molecule has 1 heterocycles. The highest BCUT2D eigenvalue weighted by Crippen LogP contribution is 2.37. The van der Waals surface area contributed by atoms with Gasteiger partial charge in [0.1, 0.15) is 0 Å². The summed E-state index contributed by atoms with van der Waals surface area (Å²) in [7, 11) is 0. The van der Waals surface area contributed by atoms with E-state index < -0.39 is 17.6 Å². The van der Waals surface area contributed by atoms with Crippen LogP contribution in [0.15, 0.2) is 48.5 Å². The highest BCUT2D eigenvalue weighted by atomic mass is 35.5. The van der Waals surface area contributed by atoms with Gasteiger partial charge < -0.3 is 10.3 Å². The Balaban J connectivity index is 2.08. The lowest BCUT2D eigenvalue weighted by Gasteiger charge is -2.12. The number of nitrogens with two attached hydrogens (primary N) is 1. The molecule has 3 aromatic carbocycles. The topological polar surface area (TPSA) is 48.0 Å². The van der Waals surface area contributed by atoms with Gasteiger partial charge in [0, 0.05) is 22.9 Å². The summed E-state index contributed by atoms with van der Waals surface area (Å²) in [5.41, 5.74) is 6.29. The Hall–Kier alpha value is -2.70. The van der Waals surface area contributed by atoms with E-state index in [4.69, 9.17) is 28.9 Å². The molecule has 0 aliphatic carbocycles. The van der Waals surface area contributed by atoms with Gasteiger partial charge in [-0.25, -0.2) is 0 Å². The average molecular weight is 436 g/mol. The van der Waals surface area contributed by atoms with Crippen LogP contribution in [-0.4, -0.2) is 10.5 Å². The maximum Gasteiger partial charge on any atom is 0.416 e. The van der Waals surface area contributed by atoms with E-state index in [9.17, 15) is 18.0 Å². The molecule has 29 heavy (non-hydrogen) atoms. The number of hydrogen-bond donors (Lipinski definition) is 1. The molecule has 2 N–H and O–H groups in total. The summed E-state index contributed by atoms with van der Waals surface area (Å²) in [4.78, 5) is 11.9. The van der Waals surface area contributed by atoms with E-state index >= 15 is 0 Å². The molecule has 0 aliphatic heterocycles. The van der Waals surface area contributed by atoms with Crippen LogP contribution in [0.2, 0.25) is 10.0 Å². The van der Waals surface area contributed by atoms with Crippen molar-refractivity contribution in [3.63, 3.8) is 0 Å². The molecule has 0 saturated carbocycles. The summed E-state index contributed by atoms with van der Waals surface area (Å²) >= 11 is 12.4. The Morgan fingerprint density at radius 1 is 1.10 bits per heavy atom. The predicted molar refractivity (Wildman–Crippen MR) is 107 cm³/mol. The quantitative estimate of drug-likeness (QED) is 0.417. The lowest BCUT2D eigenvalue weighted by molar-refractivity contribution is -0.137. The smallest absolute Gasteiger partial charge is 0.366 e. The Bertz CT molecular complexity index is 1280. The number of aromatic nitrogens is 1. The third-order valence-electron chi connectivity index (χ3n) is 4.75. The number of benzene rings is 3. The highest BCUT2D eigenvalue weighted by Gasteiger charge is 2.31. The van der Waals surface area contributed by atoms with E-state index in [0.717, 1.165) is 12.1 Å². The number of halogens is 5. The highest BCUT2D eigenvalue weighted by molar-refractivity contribution is 6.42. The van der Waals surface area contributed by atoms with Crippen molar-refractivity contribution in [1.29, 1.82) is 0 Å². The van der Waals surface area contributed by atoms with Crippen molar-refractivity contribution in [3.8, 4) is 0 Å². The first-order valence-corrected chi connectivity index (χ1v) is 9.20. The molecule has 0 atom stereocenters. The second-order valence-electron chi connectivity index (χ2n) is 6.51. The van der Waals surface area contributed by atoms with Crippen molar-refractivity contribution in [2.24, 2.45) is 5.73 Å². The van der Waals surface area contributed by atoms with Gasteiger partial charge in [-0.1, -0.05) is 41.4 Å². The van der Waals surface area contributed by atoms with Crippen LogP contribution in [0.1, 0.15) is 21.5 Å². The van der Waals surface area contributed by atoms with Crippen LogP contribution >= 0.6 is 23.2 Å². The summed E-state index contributed by atoms with van der Waals surface area (Å²) < 4.78 is 41.6. The summed E-state index contributed by atoms with van der Waals surface area (Å²) in [5, 5.41) is 1.47. The normalized spacial score (nSPS) is 12.0. The molecule has 1 aromatic heterocycles. The summed E-state index contributed by atoms with van der Waals surface area (Å²) in [6.07, 6.45) is -4.54. The fourth-order valence-corrected chi connectivity index (χ4v) is 3.82. The van der Waals surface area contributed by atoms with Gasteiger partial charge in [0.05, 0.1) is 26.6 Å². The zero-order valence-corrected chi connectivity index (χ0v) is 16.2. The molecule has 0 unspecified atom stereocenters. The van der Waals surface area contributed by atoms with Crippen molar-refractivity contribution >= 4 is 50.9 Å². The molecule has 147 valence electrons. The number of rotatable bonds is 3. The van der Waals surface area contributed by atoms with Crippen molar-refractivity contribution in [1.82, 2.24) is 4.57 Å². The van der Waals surface area contributed by atoms with Crippen molar-refractivity contribution in [2.45, 2.75) is 12.7 Å². The van der Waals surface area contributed by atoms with Gasteiger partial charge in [-0.05, 0) is 42.0 Å². The largest absolute Gasteiger partial charge is 0.416 e. The predicted octanol–water partition coefficient (Wildman–Crippen LogP) is 6.07. The Morgan fingerprint density at radius 3 is 2.52 bits per heavy atom. The maximum absolute atomic E-state index is 13.3. The van der Waals surface area contributed by atoms with Gasteiger partial charge in [-0.3, -0.25) is 4.79 Å². The molecule has 0 fully saturated rings. The zero-order chi connectivity index (χ0) is 20.9. The van der Waals surface area contributed by atoms with Crippen LogP contribution in [0.4, 0.5) is 13.2 Å². The number of primary amides is 1. The second kappa shape index (κ2) is 6.97. The minimum atomic E-state index is -4.54. The van der Waals surface area contributed by atoms with Crippen LogP contribution in [-0.2, 0) is 12.7 Å². The molecule has 1 radical (unpaired) electrons. The van der Waals surface area contributed by atoms with Crippen molar-refractivity contribution in [2.75, 3.05) is 0 Å². The van der Waals surface area contributed by atoms with Crippen LogP contribution < -0.4 is 5.73 Å². The number of amides is 1. The Morgan fingerprint density at radius 2 is 1.83 bits per heavy atom. The molecule has 0 bridgehead atoms. The SMILES string of the molecule is NC(=O)c1cccc2c1c1[c]cc(C(F)(F)F)cc1n2Cc1cccc(Cl)c1Cl. The van der Waals surface area contributed by atoms with E-state index in [2.05, 4.69) is 6.07 Å². The lowest BCUT2D eigenvalue weighted by Crippen LogP contribution is -2.11. The summed E-state index contributed by atoms with van der Waals surface area (Å²) in [5.74, 6) is -0.677. The second-order valence-corrected chi connectivity index (χ2v) is 7.29. The number of carbonyl (C=O) groups excluding carboxylic acids is 1. The van der Waals surface area contributed by atoms with E-state index in [-0.39, 0.29) is 17.6 Å². The minimum absolute atomic E-state index is 0.150. The monoisotopic (exact) mass is 435 g/mol. The van der Waals surface area contributed by atoms with Crippen LogP contribution in [0.3, 0.4) is 0 Å². The maximum atomic E-state index is 13.3. The molecule has 4 aromatic rings. The first-order chi connectivity index (χ1) is 13.7. The van der Waals surface area contributed by atoms with Crippen LogP contribution in [0, 0.1) is 6.07 Å². The van der Waals surface area contributed by atoms with Crippen LogP contribution in [0.25, 0.3) is 21.8 Å². The number of alkyl halides is 3. The van der Waals surface area contributed by atoms with Gasteiger partial charge in [0.15, 0.2) is 0 Å². The van der Waals surface area contributed by atoms with Crippen molar-refractivity contribution < 1.29 is 18.0 Å². The summed E-state index contributed by atoms with van der Waals surface area (Å²) in [6, 6.07) is 14.5. The number of hydrogen-bond acceptors (Lipinski definition) is 1. The minimum Gasteiger partial charge on any atom is -0.366 e. The number of nitrogens with zero attached hydrogens (tertiary/aromatic N) is 1. The van der Waals surface area contributed by atoms with E-state index in [1.54, 1.807) is 34.9 Å². The zero-order valence-electron chi connectivity index (χ0n) is 14.6. The third-order valence-corrected chi connectivity index (χ3v) is 5.61. The third kappa shape index (κ3) is 3.32. The van der Waals surface area contributed by atoms with E-state index in [1.165, 1.54) is 6.07 Å². The van der Waals surface area contributed by atoms with E-state index in [1.807, 2.05) is 0 Å². The van der Waals surface area contributed by atoms with Gasteiger partial charge in [-0.15, -0.1) is 0 Å². The Labute approximate surface area is 173 Å². The number of fused-ring (bicyclic) bond motifs is 3. The Kier molecular flexibility index (Phi) is 4.71. The average Bonchev–Trinajstić information content (AvgIpc) is 2.98. The molecule has 0 aliphatic rings. The molecule has 3 nitrogen and oxygen atoms in total. The first-order valence-electron chi connectivity index (χ1n) is 8.45. The van der Waals surface area contributed by atoms with Crippen molar-refractivity contribution in [3.05, 3.63) is 81.3 Å². The molecule has 8 heteroatoms. The first kappa shape index (κ1) is 19.6. The van der Waals surface area contributed by atoms with Gasteiger partial charge in [0.2, 0.25) is 5.91 Å². The molecular weight excluding hydrogens is 424 g/mol. The van der Waals surface area contributed by atoms with Gasteiger partial charge in [-0.2, -0.15) is 13.2 Å². The molecule has 0 spiro atoms. The fourth-order valence-electron chi connectivity index (χ4n) is 3.44. The lowest BCUT2D eigenvalue weighted by atomic mass is 10.0. The molecule has 4 rings (SSSR count). The summed E-state index contributed by atoms with van der Waals surface area (Å²) in [6.45, 7) is 0.150. The van der Waals surface area contributed by atoms with Gasteiger partial charge in [0.25, 0.3) is 0 Å². The number of carbonyl (C=O) groups is 1. The molecule has 1 amide bonds. The standard InChI is InChI=1S/C21H12Cl2F3N2O/c22-15-5-1-3-11(19(15)23)10-28-16-6-2-4-14(20(27)29)18(16)13-8-7-12(9-17(13)28)21(24,25)26/h1-7,9H,10H2,(H2,27,29). The van der Waals surface area contributed by atoms with Gasteiger partial charge >= 0.3 is 6.18 Å². The molecular formula is C21H12Cl2F3N2O.